The van der Waals surface area contributed by atoms with Crippen LogP contribution in [0.5, 0.6) is 11.5 Å². The molecule has 10 heteroatoms. The van der Waals surface area contributed by atoms with Gasteiger partial charge in [0.1, 0.15) is 42.3 Å². The molecule has 10 nitrogen and oxygen atoms in total. The molecule has 34 heavy (non-hydrogen) atoms. The number of carbonyl (C=O) groups excluding carboxylic acids is 1. The van der Waals surface area contributed by atoms with E-state index >= 15 is 0 Å². The highest BCUT2D eigenvalue weighted by Gasteiger charge is 2.46. The van der Waals surface area contributed by atoms with Gasteiger partial charge >= 0.3 is 5.63 Å². The van der Waals surface area contributed by atoms with E-state index in [4.69, 9.17) is 18.6 Å². The summed E-state index contributed by atoms with van der Waals surface area (Å²) in [6, 6.07) is 14.8. The highest BCUT2D eigenvalue weighted by Crippen LogP contribution is 2.27. The topological polar surface area (TPSA) is 148 Å². The molecule has 3 aromatic rings. The molecule has 1 aliphatic heterocycles. The summed E-state index contributed by atoms with van der Waals surface area (Å²) >= 11 is 0. The van der Waals surface area contributed by atoms with Crippen molar-refractivity contribution < 1.29 is 38.7 Å². The smallest absolute Gasteiger partial charge is 0.379 e. The Morgan fingerprint density at radius 1 is 1.09 bits per heavy atom. The SMILES string of the molecule is CC(=O)N[C@H]1C(Oc2cc3ccc(OCc4ccccc4)cc3oc2=O)O[C@H](CO)[C@@H](O)[C@@H]1O. The Morgan fingerprint density at radius 3 is 2.56 bits per heavy atom. The Labute approximate surface area is 194 Å². The van der Waals surface area contributed by atoms with Crippen molar-refractivity contribution in [2.24, 2.45) is 0 Å². The van der Waals surface area contributed by atoms with E-state index in [-0.39, 0.29) is 11.3 Å². The molecule has 1 aliphatic rings. The first-order valence-electron chi connectivity index (χ1n) is 10.7. The Bertz CT molecular complexity index is 1200. The zero-order valence-corrected chi connectivity index (χ0v) is 18.3. The van der Waals surface area contributed by atoms with Crippen LogP contribution in [0, 0.1) is 0 Å². The molecular formula is C24H25NO9. The Morgan fingerprint density at radius 2 is 1.85 bits per heavy atom. The summed E-state index contributed by atoms with van der Waals surface area (Å²) in [6.07, 6.45) is -5.52. The molecule has 1 amide bonds. The highest BCUT2D eigenvalue weighted by molar-refractivity contribution is 5.79. The van der Waals surface area contributed by atoms with Gasteiger partial charge in [-0.1, -0.05) is 30.3 Å². The van der Waals surface area contributed by atoms with Crippen molar-refractivity contribution in [2.75, 3.05) is 6.61 Å². The summed E-state index contributed by atoms with van der Waals surface area (Å²) < 4.78 is 22.3. The second kappa shape index (κ2) is 10.2. The molecule has 1 fully saturated rings. The van der Waals surface area contributed by atoms with Crippen LogP contribution in [0.1, 0.15) is 12.5 Å². The molecule has 0 aliphatic carbocycles. The van der Waals surface area contributed by atoms with Gasteiger partial charge in [0, 0.05) is 18.4 Å². The summed E-state index contributed by atoms with van der Waals surface area (Å²) in [6.45, 7) is 0.959. The minimum Gasteiger partial charge on any atom is -0.489 e. The van der Waals surface area contributed by atoms with Crippen LogP contribution in [0.2, 0.25) is 0 Å². The molecule has 0 radical (unpaired) electrons. The second-order valence-electron chi connectivity index (χ2n) is 7.92. The lowest BCUT2D eigenvalue weighted by Crippen LogP contribution is -2.65. The summed E-state index contributed by atoms with van der Waals surface area (Å²) in [5, 5.41) is 32.9. The first-order valence-corrected chi connectivity index (χ1v) is 10.7. The van der Waals surface area contributed by atoms with Crippen molar-refractivity contribution in [2.45, 2.75) is 44.2 Å². The molecule has 0 saturated carbocycles. The summed E-state index contributed by atoms with van der Waals surface area (Å²) in [4.78, 5) is 24.2. The van der Waals surface area contributed by atoms with Crippen molar-refractivity contribution in [1.29, 1.82) is 0 Å². The molecule has 1 aromatic heterocycles. The number of hydrogen-bond donors (Lipinski definition) is 4. The van der Waals surface area contributed by atoms with Crippen LogP contribution in [0.15, 0.2) is 63.8 Å². The molecule has 1 unspecified atom stereocenters. The number of aliphatic hydroxyl groups is 3. The van der Waals surface area contributed by atoms with Crippen LogP contribution >= 0.6 is 0 Å². The van der Waals surface area contributed by atoms with Crippen molar-refractivity contribution in [3.63, 3.8) is 0 Å². The van der Waals surface area contributed by atoms with E-state index < -0.39 is 48.8 Å². The third-order valence-corrected chi connectivity index (χ3v) is 5.42. The second-order valence-corrected chi connectivity index (χ2v) is 7.92. The number of amides is 1. The number of carbonyl (C=O) groups is 1. The summed E-state index contributed by atoms with van der Waals surface area (Å²) in [5.74, 6) is -0.229. The maximum Gasteiger partial charge on any atom is 0.379 e. The molecular weight excluding hydrogens is 446 g/mol. The number of fused-ring (bicyclic) bond motifs is 1. The normalized spacial score (nSPS) is 24.5. The fraction of sp³-hybridized carbons (Fsp3) is 0.333. The van der Waals surface area contributed by atoms with Crippen molar-refractivity contribution in [3.8, 4) is 11.5 Å². The van der Waals surface area contributed by atoms with E-state index in [1.807, 2.05) is 30.3 Å². The average Bonchev–Trinajstić information content (AvgIpc) is 2.83. The van der Waals surface area contributed by atoms with Gasteiger partial charge in [0.2, 0.25) is 17.9 Å². The maximum atomic E-state index is 12.6. The van der Waals surface area contributed by atoms with Crippen molar-refractivity contribution in [1.82, 2.24) is 5.32 Å². The van der Waals surface area contributed by atoms with Crippen LogP contribution in [0.4, 0.5) is 0 Å². The van der Waals surface area contributed by atoms with E-state index in [1.54, 1.807) is 18.2 Å². The predicted octanol–water partition coefficient (Wildman–Crippen LogP) is 0.694. The standard InChI is InChI=1S/C24H25NO9/c1-13(27)25-20-22(29)21(28)19(11-26)34-24(20)33-18-9-15-7-8-16(10-17(15)32-23(18)30)31-12-14-5-3-2-4-6-14/h2-10,19-22,24,26,28-29H,11-12H2,1H3,(H,25,27)/t19-,20-,21-,22-,24?/m1/s1. The first kappa shape index (κ1) is 23.7. The van der Waals surface area contributed by atoms with Gasteiger partial charge < -0.3 is 39.3 Å². The largest absolute Gasteiger partial charge is 0.489 e. The van der Waals surface area contributed by atoms with Gasteiger partial charge in [-0.2, -0.15) is 0 Å². The number of rotatable bonds is 7. The van der Waals surface area contributed by atoms with Gasteiger partial charge in [-0.3, -0.25) is 4.79 Å². The van der Waals surface area contributed by atoms with E-state index in [2.05, 4.69) is 5.32 Å². The fourth-order valence-electron chi connectivity index (χ4n) is 3.68. The van der Waals surface area contributed by atoms with Gasteiger partial charge in [0.15, 0.2) is 0 Å². The van der Waals surface area contributed by atoms with Crippen molar-refractivity contribution >= 4 is 16.9 Å². The molecule has 0 bridgehead atoms. The minimum absolute atomic E-state index is 0.230. The third-order valence-electron chi connectivity index (χ3n) is 5.42. The third kappa shape index (κ3) is 5.20. The van der Waals surface area contributed by atoms with E-state index in [9.17, 15) is 24.9 Å². The number of nitrogens with one attached hydrogen (secondary N) is 1. The number of ether oxygens (including phenoxy) is 3. The van der Waals surface area contributed by atoms with E-state index in [0.717, 1.165) is 5.56 Å². The first-order chi connectivity index (χ1) is 16.4. The van der Waals surface area contributed by atoms with Gasteiger partial charge in [-0.15, -0.1) is 0 Å². The lowest BCUT2D eigenvalue weighted by Gasteiger charge is -2.41. The summed E-state index contributed by atoms with van der Waals surface area (Å²) in [5.41, 5.74) is 0.441. The summed E-state index contributed by atoms with van der Waals surface area (Å²) in [7, 11) is 0. The molecule has 4 rings (SSSR count). The van der Waals surface area contributed by atoms with Crippen LogP contribution in [0.25, 0.3) is 11.0 Å². The van der Waals surface area contributed by atoms with Crippen LogP contribution in [-0.2, 0) is 16.1 Å². The molecule has 4 N–H and O–H groups in total. The number of benzene rings is 2. The van der Waals surface area contributed by atoms with Gasteiger partial charge in [0.25, 0.3) is 0 Å². The maximum absolute atomic E-state index is 12.6. The zero-order chi connectivity index (χ0) is 24.2. The predicted molar refractivity (Wildman–Crippen MR) is 119 cm³/mol. The van der Waals surface area contributed by atoms with Gasteiger partial charge in [-0.25, -0.2) is 4.79 Å². The van der Waals surface area contributed by atoms with Gasteiger partial charge in [-0.05, 0) is 23.8 Å². The fourth-order valence-corrected chi connectivity index (χ4v) is 3.68. The molecule has 0 spiro atoms. The van der Waals surface area contributed by atoms with Crippen molar-refractivity contribution in [3.05, 3.63) is 70.6 Å². The lowest BCUT2D eigenvalue weighted by molar-refractivity contribution is -0.244. The number of aliphatic hydroxyl groups excluding tert-OH is 3. The average molecular weight is 471 g/mol. The van der Waals surface area contributed by atoms with Crippen LogP contribution in [-0.4, -0.2) is 58.5 Å². The molecule has 2 aromatic carbocycles. The van der Waals surface area contributed by atoms with Crippen LogP contribution in [0.3, 0.4) is 0 Å². The Balaban J connectivity index is 1.55. The lowest BCUT2D eigenvalue weighted by atomic mass is 9.97. The minimum atomic E-state index is -1.50. The quantitative estimate of drug-likeness (QED) is 0.365. The Kier molecular flexibility index (Phi) is 7.13. The Hall–Kier alpha value is -3.44. The molecule has 2 heterocycles. The van der Waals surface area contributed by atoms with E-state index in [0.29, 0.717) is 17.7 Å². The van der Waals surface area contributed by atoms with Gasteiger partial charge in [0.05, 0.1) is 6.61 Å². The zero-order valence-electron chi connectivity index (χ0n) is 18.3. The molecule has 5 atom stereocenters. The monoisotopic (exact) mass is 471 g/mol. The number of hydrogen-bond acceptors (Lipinski definition) is 9. The van der Waals surface area contributed by atoms with E-state index in [1.165, 1.54) is 13.0 Å². The van der Waals surface area contributed by atoms with Crippen LogP contribution < -0.4 is 20.4 Å². The molecule has 180 valence electrons. The molecule has 1 saturated heterocycles. The highest BCUT2D eigenvalue weighted by atomic mass is 16.7.